The largest absolute Gasteiger partial charge is 0.497 e. The van der Waals surface area contributed by atoms with Gasteiger partial charge in [-0.15, -0.1) is 0 Å². The Labute approximate surface area is 155 Å². The maximum atomic E-state index is 11.4. The molecule has 1 aromatic carbocycles. The third-order valence-electron chi connectivity index (χ3n) is 4.86. The molecule has 0 bridgehead atoms. The molecule has 0 radical (unpaired) electrons. The SMILES string of the molecule is COc1ccc(C=O)c(C=C(CNC(C)=O)B2OC(C)(C)C(C)(C)O2)c1. The first kappa shape index (κ1) is 20.2. The number of benzene rings is 1. The van der Waals surface area contributed by atoms with Gasteiger partial charge in [0, 0.05) is 19.0 Å². The van der Waals surface area contributed by atoms with Crippen molar-refractivity contribution in [3.8, 4) is 5.75 Å². The van der Waals surface area contributed by atoms with Gasteiger partial charge in [-0.25, -0.2) is 0 Å². The Morgan fingerprint density at radius 3 is 2.31 bits per heavy atom. The molecule has 0 unspecified atom stereocenters. The lowest BCUT2D eigenvalue weighted by Gasteiger charge is -2.32. The quantitative estimate of drug-likeness (QED) is 0.624. The van der Waals surface area contributed by atoms with Gasteiger partial charge in [0.05, 0.1) is 18.3 Å². The van der Waals surface area contributed by atoms with Crippen molar-refractivity contribution < 1.29 is 23.6 Å². The summed E-state index contributed by atoms with van der Waals surface area (Å²) in [4.78, 5) is 22.8. The van der Waals surface area contributed by atoms with Crippen molar-refractivity contribution in [2.24, 2.45) is 0 Å². The first-order valence-corrected chi connectivity index (χ1v) is 8.53. The number of nitrogens with one attached hydrogen (secondary N) is 1. The number of aldehydes is 1. The number of hydrogen-bond donors (Lipinski definition) is 1. The van der Waals surface area contributed by atoms with Gasteiger partial charge >= 0.3 is 7.12 Å². The second kappa shape index (κ2) is 7.64. The molecule has 7 heteroatoms. The molecular weight excluding hydrogens is 333 g/mol. The smallest absolute Gasteiger partial charge is 0.492 e. The zero-order chi connectivity index (χ0) is 19.5. The molecule has 26 heavy (non-hydrogen) atoms. The number of carbonyl (C=O) groups excluding carboxylic acids is 2. The molecule has 1 aliphatic heterocycles. The number of amides is 1. The van der Waals surface area contributed by atoms with E-state index in [0.717, 1.165) is 11.8 Å². The summed E-state index contributed by atoms with van der Waals surface area (Å²) in [6, 6.07) is 5.18. The maximum Gasteiger partial charge on any atom is 0.492 e. The van der Waals surface area contributed by atoms with E-state index in [1.165, 1.54) is 6.92 Å². The van der Waals surface area contributed by atoms with E-state index in [1.54, 1.807) is 25.3 Å². The molecule has 1 N–H and O–H groups in total. The van der Waals surface area contributed by atoms with Crippen LogP contribution in [0.5, 0.6) is 5.75 Å². The summed E-state index contributed by atoms with van der Waals surface area (Å²) >= 11 is 0. The summed E-state index contributed by atoms with van der Waals surface area (Å²) in [6.45, 7) is 9.56. The van der Waals surface area contributed by atoms with Crippen molar-refractivity contribution in [3.63, 3.8) is 0 Å². The summed E-state index contributed by atoms with van der Waals surface area (Å²) in [6.07, 6.45) is 2.59. The molecule has 1 aromatic rings. The Bertz CT molecular complexity index is 711. The fraction of sp³-hybridized carbons (Fsp3) is 0.474. The van der Waals surface area contributed by atoms with Crippen LogP contribution in [0.25, 0.3) is 6.08 Å². The molecule has 1 heterocycles. The number of rotatable bonds is 6. The van der Waals surface area contributed by atoms with Gasteiger partial charge in [0.25, 0.3) is 0 Å². The van der Waals surface area contributed by atoms with E-state index in [0.29, 0.717) is 16.9 Å². The maximum absolute atomic E-state index is 11.4. The van der Waals surface area contributed by atoms with Gasteiger partial charge in [-0.1, -0.05) is 6.08 Å². The molecule has 1 fully saturated rings. The minimum absolute atomic E-state index is 0.159. The second-order valence-electron chi connectivity index (χ2n) is 7.33. The van der Waals surface area contributed by atoms with E-state index in [4.69, 9.17) is 14.0 Å². The molecular formula is C19H26BNO5. The van der Waals surface area contributed by atoms with Gasteiger partial charge in [-0.05, 0) is 56.9 Å². The van der Waals surface area contributed by atoms with Gasteiger partial charge in [0.1, 0.15) is 5.75 Å². The van der Waals surface area contributed by atoms with Crippen LogP contribution in [0.15, 0.2) is 23.7 Å². The predicted molar refractivity (Wildman–Crippen MR) is 101 cm³/mol. The van der Waals surface area contributed by atoms with Crippen molar-refractivity contribution in [1.82, 2.24) is 5.32 Å². The first-order valence-electron chi connectivity index (χ1n) is 8.53. The molecule has 0 atom stereocenters. The van der Waals surface area contributed by atoms with Crippen molar-refractivity contribution in [1.29, 1.82) is 0 Å². The Morgan fingerprint density at radius 1 is 1.19 bits per heavy atom. The van der Waals surface area contributed by atoms with Crippen LogP contribution in [0.3, 0.4) is 0 Å². The zero-order valence-corrected chi connectivity index (χ0v) is 16.2. The molecule has 1 aliphatic rings. The third-order valence-corrected chi connectivity index (χ3v) is 4.86. The van der Waals surface area contributed by atoms with Crippen LogP contribution in [-0.2, 0) is 14.1 Å². The van der Waals surface area contributed by atoms with E-state index in [-0.39, 0.29) is 12.5 Å². The molecule has 0 aliphatic carbocycles. The third kappa shape index (κ3) is 4.34. The van der Waals surface area contributed by atoms with Crippen LogP contribution in [0, 0.1) is 0 Å². The standard InChI is InChI=1S/C19H26BNO5/c1-13(23)21-11-16(20-25-18(2,3)19(4,5)26-20)9-15-10-17(24-6)8-7-14(15)12-22/h7-10,12H,11H2,1-6H3,(H,21,23). The molecule has 140 valence electrons. The van der Waals surface area contributed by atoms with E-state index in [9.17, 15) is 9.59 Å². The molecule has 1 saturated heterocycles. The molecule has 0 saturated carbocycles. The lowest BCUT2D eigenvalue weighted by molar-refractivity contribution is -0.118. The number of methoxy groups -OCH3 is 1. The fourth-order valence-corrected chi connectivity index (χ4v) is 2.54. The van der Waals surface area contributed by atoms with Crippen LogP contribution in [0.4, 0.5) is 0 Å². The van der Waals surface area contributed by atoms with Gasteiger partial charge in [0.2, 0.25) is 5.91 Å². The second-order valence-corrected chi connectivity index (χ2v) is 7.33. The van der Waals surface area contributed by atoms with Crippen LogP contribution in [0.2, 0.25) is 0 Å². The average Bonchev–Trinajstić information content (AvgIpc) is 2.78. The summed E-state index contributed by atoms with van der Waals surface area (Å²) in [5.41, 5.74) is 0.899. The normalized spacial score (nSPS) is 18.5. The van der Waals surface area contributed by atoms with Gasteiger partial charge in [-0.2, -0.15) is 0 Å². The first-order chi connectivity index (χ1) is 12.1. The van der Waals surface area contributed by atoms with Gasteiger partial charge < -0.3 is 19.4 Å². The highest BCUT2D eigenvalue weighted by Gasteiger charge is 2.52. The molecule has 6 nitrogen and oxygen atoms in total. The lowest BCUT2D eigenvalue weighted by Crippen LogP contribution is -2.41. The lowest BCUT2D eigenvalue weighted by atomic mass is 9.76. The van der Waals surface area contributed by atoms with Crippen LogP contribution < -0.4 is 10.1 Å². The van der Waals surface area contributed by atoms with E-state index >= 15 is 0 Å². The van der Waals surface area contributed by atoms with E-state index in [2.05, 4.69) is 5.32 Å². The number of carbonyl (C=O) groups is 2. The zero-order valence-electron chi connectivity index (χ0n) is 16.2. The molecule has 2 rings (SSSR count). The van der Waals surface area contributed by atoms with Crippen LogP contribution >= 0.6 is 0 Å². The van der Waals surface area contributed by atoms with Crippen molar-refractivity contribution in [3.05, 3.63) is 34.8 Å². The van der Waals surface area contributed by atoms with Crippen LogP contribution in [0.1, 0.15) is 50.5 Å². The van der Waals surface area contributed by atoms with Gasteiger partial charge in [-0.3, -0.25) is 9.59 Å². The number of ether oxygens (including phenoxy) is 1. The Balaban J connectivity index is 2.44. The van der Waals surface area contributed by atoms with Crippen molar-refractivity contribution in [2.45, 2.75) is 45.8 Å². The molecule has 1 amide bonds. The summed E-state index contributed by atoms with van der Waals surface area (Å²) in [7, 11) is 0.938. The molecule has 0 spiro atoms. The highest BCUT2D eigenvalue weighted by atomic mass is 16.7. The van der Waals surface area contributed by atoms with Crippen molar-refractivity contribution >= 4 is 25.4 Å². The summed E-state index contributed by atoms with van der Waals surface area (Å²) < 4.78 is 17.4. The predicted octanol–water partition coefficient (Wildman–Crippen LogP) is 2.66. The summed E-state index contributed by atoms with van der Waals surface area (Å²) in [5.74, 6) is 0.475. The number of hydrogen-bond acceptors (Lipinski definition) is 5. The molecule has 0 aromatic heterocycles. The van der Waals surface area contributed by atoms with Gasteiger partial charge in [0.15, 0.2) is 6.29 Å². The minimum Gasteiger partial charge on any atom is -0.497 e. The summed E-state index contributed by atoms with van der Waals surface area (Å²) in [5, 5.41) is 2.78. The Morgan fingerprint density at radius 2 is 1.81 bits per heavy atom. The Kier molecular flexibility index (Phi) is 5.93. The van der Waals surface area contributed by atoms with Crippen LogP contribution in [-0.4, -0.2) is 44.2 Å². The van der Waals surface area contributed by atoms with Crippen molar-refractivity contribution in [2.75, 3.05) is 13.7 Å². The average molecular weight is 359 g/mol. The minimum atomic E-state index is -0.627. The van der Waals surface area contributed by atoms with E-state index in [1.807, 2.05) is 33.8 Å². The Hall–Kier alpha value is -2.12. The van der Waals surface area contributed by atoms with E-state index < -0.39 is 18.3 Å². The fourth-order valence-electron chi connectivity index (χ4n) is 2.54. The highest BCUT2D eigenvalue weighted by Crippen LogP contribution is 2.38. The monoisotopic (exact) mass is 359 g/mol. The topological polar surface area (TPSA) is 73.9 Å². The highest BCUT2D eigenvalue weighted by molar-refractivity contribution is 6.56.